The minimum atomic E-state index is -1.07. The summed E-state index contributed by atoms with van der Waals surface area (Å²) in [6, 6.07) is 21.7. The number of carbonyl (C=O) groups is 1. The zero-order valence-electron chi connectivity index (χ0n) is 14.8. The Morgan fingerprint density at radius 2 is 1.74 bits per heavy atom. The predicted molar refractivity (Wildman–Crippen MR) is 105 cm³/mol. The van der Waals surface area contributed by atoms with Gasteiger partial charge in [-0.25, -0.2) is 4.79 Å². The van der Waals surface area contributed by atoms with Crippen LogP contribution in [-0.4, -0.2) is 17.2 Å². The lowest BCUT2D eigenvalue weighted by atomic mass is 10.1. The molecule has 0 fully saturated rings. The summed E-state index contributed by atoms with van der Waals surface area (Å²) in [5.74, 6) is 0.661. The number of hydrogen-bond acceptors (Lipinski definition) is 3. The summed E-state index contributed by atoms with van der Waals surface area (Å²) in [4.78, 5) is 11.7. The maximum Gasteiger partial charge on any atom is 0.345 e. The Balaban J connectivity index is 1.85. The van der Waals surface area contributed by atoms with E-state index in [4.69, 9.17) is 21.1 Å². The minimum Gasteiger partial charge on any atom is -0.478 e. The number of carboxylic acids is 1. The average molecular weight is 383 g/mol. The van der Waals surface area contributed by atoms with Crippen LogP contribution in [0, 0.1) is 6.92 Å². The quantitative estimate of drug-likeness (QED) is 0.585. The van der Waals surface area contributed by atoms with Gasteiger partial charge in [0, 0.05) is 17.0 Å². The number of halogens is 1. The molecular formula is C22H19ClO4. The van der Waals surface area contributed by atoms with Crippen molar-refractivity contribution in [1.82, 2.24) is 0 Å². The van der Waals surface area contributed by atoms with Crippen LogP contribution in [0.1, 0.15) is 11.1 Å². The van der Waals surface area contributed by atoms with Crippen molar-refractivity contribution in [3.8, 4) is 17.2 Å². The van der Waals surface area contributed by atoms with Crippen LogP contribution >= 0.6 is 11.6 Å². The SMILES string of the molecule is Cc1cccc(O[C@@H](Cc2cc(Cl)ccc2Oc2ccccc2)C(=O)O)c1. The van der Waals surface area contributed by atoms with Crippen LogP contribution in [0.4, 0.5) is 0 Å². The Kier molecular flexibility index (Phi) is 5.99. The summed E-state index contributed by atoms with van der Waals surface area (Å²) in [6.07, 6.45) is -0.949. The average Bonchev–Trinajstić information content (AvgIpc) is 2.64. The topological polar surface area (TPSA) is 55.8 Å². The van der Waals surface area contributed by atoms with Gasteiger partial charge in [-0.1, -0.05) is 41.9 Å². The molecule has 3 aromatic carbocycles. The Hall–Kier alpha value is -2.98. The lowest BCUT2D eigenvalue weighted by Gasteiger charge is -2.18. The summed E-state index contributed by atoms with van der Waals surface area (Å²) < 4.78 is 11.6. The first-order valence-electron chi connectivity index (χ1n) is 8.49. The molecule has 0 aliphatic heterocycles. The molecule has 0 aromatic heterocycles. The van der Waals surface area contributed by atoms with E-state index in [1.807, 2.05) is 49.4 Å². The number of aryl methyl sites for hydroxylation is 1. The number of ether oxygens (including phenoxy) is 2. The second kappa shape index (κ2) is 8.60. The lowest BCUT2D eigenvalue weighted by molar-refractivity contribution is -0.145. The molecule has 4 nitrogen and oxygen atoms in total. The molecule has 138 valence electrons. The zero-order valence-corrected chi connectivity index (χ0v) is 15.5. The van der Waals surface area contributed by atoms with Gasteiger partial charge in [0.1, 0.15) is 17.2 Å². The highest BCUT2D eigenvalue weighted by atomic mass is 35.5. The van der Waals surface area contributed by atoms with Gasteiger partial charge in [-0.15, -0.1) is 0 Å². The van der Waals surface area contributed by atoms with Crippen LogP contribution in [0.2, 0.25) is 5.02 Å². The number of hydrogen-bond donors (Lipinski definition) is 1. The third kappa shape index (κ3) is 5.25. The van der Waals surface area contributed by atoms with Gasteiger partial charge in [0.05, 0.1) is 0 Å². The van der Waals surface area contributed by atoms with E-state index in [1.165, 1.54) is 0 Å². The summed E-state index contributed by atoms with van der Waals surface area (Å²) in [7, 11) is 0. The highest BCUT2D eigenvalue weighted by Gasteiger charge is 2.22. The first-order valence-corrected chi connectivity index (χ1v) is 8.86. The predicted octanol–water partition coefficient (Wildman–Crippen LogP) is 5.52. The first-order chi connectivity index (χ1) is 13.0. The van der Waals surface area contributed by atoms with Crippen molar-refractivity contribution in [2.24, 2.45) is 0 Å². The van der Waals surface area contributed by atoms with Crippen molar-refractivity contribution in [3.63, 3.8) is 0 Å². The third-order valence-electron chi connectivity index (χ3n) is 3.94. The molecule has 0 aliphatic carbocycles. The molecule has 0 saturated heterocycles. The summed E-state index contributed by atoms with van der Waals surface area (Å²) in [5.41, 5.74) is 1.65. The Bertz CT molecular complexity index is 925. The number of rotatable bonds is 7. The van der Waals surface area contributed by atoms with Crippen LogP contribution in [-0.2, 0) is 11.2 Å². The minimum absolute atomic E-state index is 0.117. The second-order valence-corrected chi connectivity index (χ2v) is 6.57. The van der Waals surface area contributed by atoms with Crippen molar-refractivity contribution in [2.75, 3.05) is 0 Å². The van der Waals surface area contributed by atoms with E-state index in [0.29, 0.717) is 27.8 Å². The molecule has 0 spiro atoms. The van der Waals surface area contributed by atoms with Gasteiger partial charge in [0.15, 0.2) is 6.10 Å². The van der Waals surface area contributed by atoms with Crippen molar-refractivity contribution < 1.29 is 19.4 Å². The van der Waals surface area contributed by atoms with E-state index in [0.717, 1.165) is 5.56 Å². The normalized spacial score (nSPS) is 11.6. The highest BCUT2D eigenvalue weighted by molar-refractivity contribution is 6.30. The van der Waals surface area contributed by atoms with Gasteiger partial charge in [0.2, 0.25) is 0 Å². The largest absolute Gasteiger partial charge is 0.478 e. The summed E-state index contributed by atoms with van der Waals surface area (Å²) in [5, 5.41) is 10.1. The molecule has 3 rings (SSSR count). The van der Waals surface area contributed by atoms with E-state index in [1.54, 1.807) is 30.3 Å². The Morgan fingerprint density at radius 1 is 1.00 bits per heavy atom. The van der Waals surface area contributed by atoms with Crippen LogP contribution in [0.5, 0.6) is 17.2 Å². The van der Waals surface area contributed by atoms with Crippen LogP contribution in [0.3, 0.4) is 0 Å². The fraction of sp³-hybridized carbons (Fsp3) is 0.136. The van der Waals surface area contributed by atoms with Gasteiger partial charge in [0.25, 0.3) is 0 Å². The first kappa shape index (κ1) is 18.8. The van der Waals surface area contributed by atoms with Crippen molar-refractivity contribution in [2.45, 2.75) is 19.4 Å². The van der Waals surface area contributed by atoms with E-state index in [2.05, 4.69) is 0 Å². The number of carboxylic acid groups (broad SMARTS) is 1. The van der Waals surface area contributed by atoms with Crippen molar-refractivity contribution >= 4 is 17.6 Å². The van der Waals surface area contributed by atoms with Crippen molar-refractivity contribution in [3.05, 3.63) is 88.9 Å². The highest BCUT2D eigenvalue weighted by Crippen LogP contribution is 2.29. The number of aliphatic carboxylic acids is 1. The third-order valence-corrected chi connectivity index (χ3v) is 4.18. The molecule has 0 radical (unpaired) electrons. The molecule has 3 aromatic rings. The molecule has 1 N–H and O–H groups in total. The standard InChI is InChI=1S/C22H19ClO4/c1-15-6-5-9-19(12-15)27-21(22(24)25)14-16-13-17(23)10-11-20(16)26-18-7-3-2-4-8-18/h2-13,21H,14H2,1H3,(H,24,25)/t21-/m0/s1. The van der Waals surface area contributed by atoms with E-state index < -0.39 is 12.1 Å². The van der Waals surface area contributed by atoms with Gasteiger partial charge < -0.3 is 14.6 Å². The fourth-order valence-electron chi connectivity index (χ4n) is 2.65. The molecule has 0 heterocycles. The van der Waals surface area contributed by atoms with Crippen LogP contribution in [0.25, 0.3) is 0 Å². The molecule has 27 heavy (non-hydrogen) atoms. The van der Waals surface area contributed by atoms with E-state index in [-0.39, 0.29) is 6.42 Å². The maximum absolute atomic E-state index is 11.7. The lowest BCUT2D eigenvalue weighted by Crippen LogP contribution is -2.29. The molecule has 0 amide bonds. The van der Waals surface area contributed by atoms with Gasteiger partial charge >= 0.3 is 5.97 Å². The zero-order chi connectivity index (χ0) is 19.2. The molecule has 1 atom stereocenters. The summed E-state index contributed by atoms with van der Waals surface area (Å²) >= 11 is 6.12. The van der Waals surface area contributed by atoms with Crippen LogP contribution < -0.4 is 9.47 Å². The molecule has 0 bridgehead atoms. The molecular weight excluding hydrogens is 364 g/mol. The summed E-state index contributed by atoms with van der Waals surface area (Å²) in [6.45, 7) is 1.92. The molecule has 0 aliphatic rings. The number of para-hydroxylation sites is 1. The van der Waals surface area contributed by atoms with Crippen LogP contribution in [0.15, 0.2) is 72.8 Å². The molecule has 5 heteroatoms. The Morgan fingerprint density at radius 3 is 2.44 bits per heavy atom. The fourth-order valence-corrected chi connectivity index (χ4v) is 2.85. The van der Waals surface area contributed by atoms with Gasteiger partial charge in [-0.2, -0.15) is 0 Å². The van der Waals surface area contributed by atoms with Crippen molar-refractivity contribution in [1.29, 1.82) is 0 Å². The smallest absolute Gasteiger partial charge is 0.345 e. The maximum atomic E-state index is 11.7. The van der Waals surface area contributed by atoms with Gasteiger partial charge in [-0.05, 0) is 55.0 Å². The van der Waals surface area contributed by atoms with E-state index in [9.17, 15) is 9.90 Å². The number of benzene rings is 3. The molecule has 0 saturated carbocycles. The van der Waals surface area contributed by atoms with E-state index >= 15 is 0 Å². The molecule has 0 unspecified atom stereocenters. The second-order valence-electron chi connectivity index (χ2n) is 6.13. The van der Waals surface area contributed by atoms with Gasteiger partial charge in [-0.3, -0.25) is 0 Å². The monoisotopic (exact) mass is 382 g/mol. The Labute approximate surface area is 162 Å².